The molecule has 3 heteroatoms. The topological polar surface area (TPSA) is 51.8 Å². The predicted octanol–water partition coefficient (Wildman–Crippen LogP) is 9.34. The fourth-order valence-corrected chi connectivity index (χ4v) is 6.89. The van der Waals surface area contributed by atoms with Gasteiger partial charge in [-0.3, -0.25) is 0 Å². The van der Waals surface area contributed by atoms with Crippen molar-refractivity contribution in [2.75, 3.05) is 5.73 Å². The second kappa shape index (κ2) is 14.0. The summed E-state index contributed by atoms with van der Waals surface area (Å²) in [4.78, 5) is 0. The molecule has 2 aromatic rings. The lowest BCUT2D eigenvalue weighted by Gasteiger charge is -2.29. The highest BCUT2D eigenvalue weighted by Gasteiger charge is 2.23. The van der Waals surface area contributed by atoms with Crippen LogP contribution >= 0.6 is 0 Å². The molecule has 35 heavy (non-hydrogen) atoms. The van der Waals surface area contributed by atoms with E-state index in [2.05, 4.69) is 47.5 Å². The molecule has 1 heterocycles. The molecule has 1 aromatic carbocycles. The molecule has 2 fully saturated rings. The van der Waals surface area contributed by atoms with Crippen LogP contribution in [0.2, 0.25) is 0 Å². The summed E-state index contributed by atoms with van der Waals surface area (Å²) in [5.41, 5.74) is 9.71. The van der Waals surface area contributed by atoms with Crippen LogP contribution < -0.4 is 5.73 Å². The van der Waals surface area contributed by atoms with E-state index in [4.69, 9.17) is 5.73 Å². The molecule has 0 spiro atoms. The van der Waals surface area contributed by atoms with Crippen molar-refractivity contribution in [1.82, 2.24) is 10.2 Å². The molecule has 2 atom stereocenters. The third kappa shape index (κ3) is 8.05. The van der Waals surface area contributed by atoms with E-state index in [1.54, 1.807) is 0 Å². The van der Waals surface area contributed by atoms with Gasteiger partial charge in [-0.25, -0.2) is 0 Å². The largest absolute Gasteiger partial charge is 0.382 e. The van der Waals surface area contributed by atoms with Gasteiger partial charge < -0.3 is 5.73 Å². The van der Waals surface area contributed by atoms with E-state index in [-0.39, 0.29) is 0 Å². The van der Waals surface area contributed by atoms with Gasteiger partial charge in [0.2, 0.25) is 0 Å². The first-order valence-corrected chi connectivity index (χ1v) is 14.9. The minimum absolute atomic E-state index is 0.514. The summed E-state index contributed by atoms with van der Waals surface area (Å²) in [5.74, 6) is 4.04. The van der Waals surface area contributed by atoms with Crippen molar-refractivity contribution in [1.29, 1.82) is 0 Å². The molecule has 4 rings (SSSR count). The molecule has 0 bridgehead atoms. The van der Waals surface area contributed by atoms with Crippen LogP contribution in [0.5, 0.6) is 0 Å². The third-order valence-corrected chi connectivity index (χ3v) is 9.08. The first-order chi connectivity index (χ1) is 17.2. The van der Waals surface area contributed by atoms with Crippen molar-refractivity contribution in [2.24, 2.45) is 17.8 Å². The van der Waals surface area contributed by atoms with Gasteiger partial charge in [0.05, 0.1) is 5.69 Å². The molecular formula is C32H49N3. The second-order valence-electron chi connectivity index (χ2n) is 11.7. The summed E-state index contributed by atoms with van der Waals surface area (Å²) >= 11 is 0. The average molecular weight is 476 g/mol. The Balaban J connectivity index is 1.38. The molecule has 2 aliphatic rings. The highest BCUT2D eigenvalue weighted by Crippen LogP contribution is 2.38. The predicted molar refractivity (Wildman–Crippen MR) is 149 cm³/mol. The first-order valence-electron chi connectivity index (χ1n) is 14.9. The summed E-state index contributed by atoms with van der Waals surface area (Å²) in [6.07, 6.45) is 23.9. The number of anilines is 1. The Morgan fingerprint density at radius 1 is 0.629 bits per heavy atom. The van der Waals surface area contributed by atoms with E-state index in [0.29, 0.717) is 11.7 Å². The monoisotopic (exact) mass is 475 g/mol. The van der Waals surface area contributed by atoms with Gasteiger partial charge in [0.1, 0.15) is 5.82 Å². The zero-order valence-electron chi connectivity index (χ0n) is 22.3. The standard InChI is InChI=1S/C32H49N3/c1-25-14-8-10-17-27(18-11-9-15-25)26-16-4-2-5-20-28(21-13-12-19-26)30-24-31(34-35-32(30)33)29-22-6-3-7-23-29/h3,6-7,22-28H,2,4-5,8-21H2,1H3,(H2,33,35). The van der Waals surface area contributed by atoms with E-state index < -0.39 is 0 Å². The van der Waals surface area contributed by atoms with Gasteiger partial charge in [0, 0.05) is 11.1 Å². The van der Waals surface area contributed by atoms with E-state index in [1.807, 2.05) is 6.07 Å². The van der Waals surface area contributed by atoms with Gasteiger partial charge in [-0.15, -0.1) is 10.2 Å². The van der Waals surface area contributed by atoms with Gasteiger partial charge in [0.15, 0.2) is 0 Å². The van der Waals surface area contributed by atoms with Gasteiger partial charge >= 0.3 is 0 Å². The highest BCUT2D eigenvalue weighted by atomic mass is 15.1. The smallest absolute Gasteiger partial charge is 0.149 e. The molecule has 3 nitrogen and oxygen atoms in total. The van der Waals surface area contributed by atoms with Crippen molar-refractivity contribution in [3.63, 3.8) is 0 Å². The lowest BCUT2D eigenvalue weighted by Crippen LogP contribution is -2.16. The molecule has 2 N–H and O–H groups in total. The first kappa shape index (κ1) is 26.2. The summed E-state index contributed by atoms with van der Waals surface area (Å²) in [6, 6.07) is 12.6. The molecule has 2 saturated carbocycles. The molecule has 0 aliphatic heterocycles. The van der Waals surface area contributed by atoms with Crippen LogP contribution in [0.3, 0.4) is 0 Å². The number of hydrogen-bond donors (Lipinski definition) is 1. The van der Waals surface area contributed by atoms with E-state index in [9.17, 15) is 0 Å². The van der Waals surface area contributed by atoms with Crippen molar-refractivity contribution in [2.45, 2.75) is 122 Å². The Kier molecular flexibility index (Phi) is 10.5. The van der Waals surface area contributed by atoms with Crippen LogP contribution in [0, 0.1) is 17.8 Å². The maximum absolute atomic E-state index is 6.40. The Labute approximate surface area is 214 Å². The highest BCUT2D eigenvalue weighted by molar-refractivity contribution is 5.61. The number of rotatable bonds is 3. The number of nitrogens with two attached hydrogens (primary N) is 1. The van der Waals surface area contributed by atoms with E-state index in [0.717, 1.165) is 29.0 Å². The molecule has 2 unspecified atom stereocenters. The van der Waals surface area contributed by atoms with Gasteiger partial charge in [-0.2, -0.15) is 0 Å². The van der Waals surface area contributed by atoms with E-state index in [1.165, 1.54) is 115 Å². The second-order valence-corrected chi connectivity index (χ2v) is 11.7. The van der Waals surface area contributed by atoms with Crippen molar-refractivity contribution >= 4 is 5.82 Å². The lowest BCUT2D eigenvalue weighted by atomic mass is 9.77. The Bertz CT molecular complexity index is 852. The maximum Gasteiger partial charge on any atom is 0.149 e. The Hall–Kier alpha value is -1.90. The average Bonchev–Trinajstić information content (AvgIpc) is 2.94. The fourth-order valence-electron chi connectivity index (χ4n) is 6.89. The molecule has 0 amide bonds. The zero-order valence-corrected chi connectivity index (χ0v) is 22.3. The fraction of sp³-hybridized carbons (Fsp3) is 0.688. The maximum atomic E-state index is 6.40. The lowest BCUT2D eigenvalue weighted by molar-refractivity contribution is 0.230. The van der Waals surface area contributed by atoms with Crippen molar-refractivity contribution < 1.29 is 0 Å². The van der Waals surface area contributed by atoms with Gasteiger partial charge in [0.25, 0.3) is 0 Å². The summed E-state index contributed by atoms with van der Waals surface area (Å²) in [5, 5.41) is 8.79. The van der Waals surface area contributed by atoms with Crippen LogP contribution in [0.25, 0.3) is 11.3 Å². The summed E-state index contributed by atoms with van der Waals surface area (Å²) in [7, 11) is 0. The third-order valence-electron chi connectivity index (χ3n) is 9.08. The van der Waals surface area contributed by atoms with Crippen LogP contribution in [-0.4, -0.2) is 10.2 Å². The van der Waals surface area contributed by atoms with Crippen molar-refractivity contribution in [3.05, 3.63) is 42.0 Å². The molecule has 0 saturated heterocycles. The Morgan fingerprint density at radius 2 is 1.14 bits per heavy atom. The van der Waals surface area contributed by atoms with Crippen LogP contribution in [0.4, 0.5) is 5.82 Å². The minimum atomic E-state index is 0.514. The molecular weight excluding hydrogens is 426 g/mol. The molecule has 0 radical (unpaired) electrons. The molecule has 192 valence electrons. The molecule has 2 aliphatic carbocycles. The van der Waals surface area contributed by atoms with E-state index >= 15 is 0 Å². The van der Waals surface area contributed by atoms with Crippen LogP contribution in [0.1, 0.15) is 128 Å². The number of hydrogen-bond acceptors (Lipinski definition) is 3. The summed E-state index contributed by atoms with van der Waals surface area (Å²) in [6.45, 7) is 2.47. The number of nitrogen functional groups attached to an aromatic ring is 1. The van der Waals surface area contributed by atoms with Crippen molar-refractivity contribution in [3.8, 4) is 11.3 Å². The Morgan fingerprint density at radius 3 is 1.77 bits per heavy atom. The molecule has 1 aromatic heterocycles. The number of benzene rings is 1. The number of aromatic nitrogens is 2. The number of nitrogens with zero attached hydrogens (tertiary/aromatic N) is 2. The summed E-state index contributed by atoms with van der Waals surface area (Å²) < 4.78 is 0. The van der Waals surface area contributed by atoms with Gasteiger partial charge in [-0.1, -0.05) is 134 Å². The quantitative estimate of drug-likeness (QED) is 0.481. The van der Waals surface area contributed by atoms with Crippen LogP contribution in [0.15, 0.2) is 36.4 Å². The van der Waals surface area contributed by atoms with Crippen LogP contribution in [-0.2, 0) is 0 Å². The van der Waals surface area contributed by atoms with Gasteiger partial charge in [-0.05, 0) is 42.6 Å². The normalized spacial score (nSPS) is 28.0. The zero-order chi connectivity index (χ0) is 24.3. The SMILES string of the molecule is CC1CCCCC(C2CCCCCC(c3cc(-c4ccccc4)nnc3N)CCCC2)CCCC1. The minimum Gasteiger partial charge on any atom is -0.382 e.